The molecular weight excluding hydrogens is 246 g/mol. The molecule has 106 valence electrons. The summed E-state index contributed by atoms with van der Waals surface area (Å²) in [6.07, 6.45) is 7.51. The predicted octanol–water partition coefficient (Wildman–Crippen LogP) is 4.31. The highest BCUT2D eigenvalue weighted by molar-refractivity contribution is 5.62. The molecule has 2 unspecified atom stereocenters. The Kier molecular flexibility index (Phi) is 3.77. The summed E-state index contributed by atoms with van der Waals surface area (Å²) in [5.41, 5.74) is 3.47. The first kappa shape index (κ1) is 13.2. The first-order valence-corrected chi connectivity index (χ1v) is 7.56. The fraction of sp³-hybridized carbons (Fsp3) is 0.471. The number of nitrogens with zero attached hydrogens (tertiary/aromatic N) is 1. The molecule has 0 spiro atoms. The number of aromatic amines is 1. The maximum atomic E-state index is 4.06. The molecule has 1 fully saturated rings. The van der Waals surface area contributed by atoms with Crippen molar-refractivity contribution in [3.63, 3.8) is 0 Å². The Morgan fingerprint density at radius 2 is 1.75 bits per heavy atom. The molecule has 1 aliphatic rings. The quantitative estimate of drug-likeness (QED) is 0.871. The molecular formula is C17H23N3. The molecule has 1 aliphatic carbocycles. The van der Waals surface area contributed by atoms with Crippen LogP contribution < -0.4 is 5.32 Å². The van der Waals surface area contributed by atoms with Crippen LogP contribution in [0.4, 0.5) is 5.69 Å². The summed E-state index contributed by atoms with van der Waals surface area (Å²) in [5.74, 6) is 1.67. The maximum absolute atomic E-state index is 4.06. The van der Waals surface area contributed by atoms with E-state index >= 15 is 0 Å². The first-order valence-electron chi connectivity index (χ1n) is 7.56. The molecule has 3 heteroatoms. The molecule has 20 heavy (non-hydrogen) atoms. The molecule has 2 atom stereocenters. The van der Waals surface area contributed by atoms with Gasteiger partial charge in [-0.1, -0.05) is 26.0 Å². The second-order valence-electron chi connectivity index (χ2n) is 6.30. The normalized spacial score (nSPS) is 26.4. The monoisotopic (exact) mass is 269 g/mol. The van der Waals surface area contributed by atoms with Crippen LogP contribution in [0.1, 0.15) is 33.1 Å². The highest BCUT2D eigenvalue weighted by Crippen LogP contribution is 2.30. The Labute approximate surface area is 120 Å². The van der Waals surface area contributed by atoms with Gasteiger partial charge in [-0.05, 0) is 48.8 Å². The minimum absolute atomic E-state index is 0.617. The lowest BCUT2D eigenvalue weighted by atomic mass is 9.80. The van der Waals surface area contributed by atoms with E-state index in [-0.39, 0.29) is 0 Å². The zero-order valence-corrected chi connectivity index (χ0v) is 12.3. The molecule has 2 N–H and O–H groups in total. The Bertz CT molecular complexity index is 520. The smallest absolute Gasteiger partial charge is 0.0924 e. The summed E-state index contributed by atoms with van der Waals surface area (Å²) in [5, 5.41) is 3.69. The van der Waals surface area contributed by atoms with Gasteiger partial charge in [0.2, 0.25) is 0 Å². The molecule has 0 radical (unpaired) electrons. The molecule has 1 heterocycles. The fourth-order valence-electron chi connectivity index (χ4n) is 3.46. The number of H-pyrrole nitrogens is 1. The number of benzene rings is 1. The molecule has 3 nitrogen and oxygen atoms in total. The van der Waals surface area contributed by atoms with Gasteiger partial charge in [0, 0.05) is 11.7 Å². The number of imidazole rings is 1. The van der Waals surface area contributed by atoms with Crippen LogP contribution in [0.15, 0.2) is 36.8 Å². The van der Waals surface area contributed by atoms with E-state index in [1.165, 1.54) is 30.5 Å². The number of hydrogen-bond donors (Lipinski definition) is 2. The van der Waals surface area contributed by atoms with Gasteiger partial charge < -0.3 is 10.3 Å². The number of anilines is 1. The van der Waals surface area contributed by atoms with E-state index in [2.05, 4.69) is 53.4 Å². The largest absolute Gasteiger partial charge is 0.382 e. The summed E-state index contributed by atoms with van der Waals surface area (Å²) in [6.45, 7) is 4.73. The molecule has 1 aromatic heterocycles. The van der Waals surface area contributed by atoms with Crippen molar-refractivity contribution < 1.29 is 0 Å². The SMILES string of the molecule is CC1CC(C)CC(Nc2ccc(-c3cnc[nH]3)cc2)C1. The Hall–Kier alpha value is -1.77. The van der Waals surface area contributed by atoms with Crippen LogP contribution in [0.25, 0.3) is 11.3 Å². The molecule has 1 aromatic carbocycles. The predicted molar refractivity (Wildman–Crippen MR) is 83.6 cm³/mol. The Morgan fingerprint density at radius 1 is 1.05 bits per heavy atom. The fourth-order valence-corrected chi connectivity index (χ4v) is 3.46. The van der Waals surface area contributed by atoms with Crippen LogP contribution in [0, 0.1) is 11.8 Å². The standard InChI is InChI=1S/C17H23N3/c1-12-7-13(2)9-16(8-12)20-15-5-3-14(4-6-15)17-10-18-11-19-17/h3-6,10-13,16,20H,7-9H2,1-2H3,(H,18,19). The molecule has 0 aliphatic heterocycles. The van der Waals surface area contributed by atoms with E-state index in [9.17, 15) is 0 Å². The van der Waals surface area contributed by atoms with Crippen molar-refractivity contribution in [1.82, 2.24) is 9.97 Å². The minimum Gasteiger partial charge on any atom is -0.382 e. The van der Waals surface area contributed by atoms with Gasteiger partial charge in [0.15, 0.2) is 0 Å². The first-order chi connectivity index (χ1) is 9.70. The zero-order chi connectivity index (χ0) is 13.9. The van der Waals surface area contributed by atoms with Crippen molar-refractivity contribution in [3.8, 4) is 11.3 Å². The summed E-state index contributed by atoms with van der Waals surface area (Å²) in [6, 6.07) is 9.24. The van der Waals surface area contributed by atoms with Gasteiger partial charge >= 0.3 is 0 Å². The third-order valence-corrected chi connectivity index (χ3v) is 4.24. The van der Waals surface area contributed by atoms with Crippen LogP contribution in [-0.2, 0) is 0 Å². The van der Waals surface area contributed by atoms with Crippen molar-refractivity contribution in [2.24, 2.45) is 11.8 Å². The highest BCUT2D eigenvalue weighted by Gasteiger charge is 2.23. The van der Waals surface area contributed by atoms with Gasteiger partial charge in [0.1, 0.15) is 0 Å². The molecule has 2 aromatic rings. The summed E-state index contributed by atoms with van der Waals surface area (Å²) in [4.78, 5) is 7.19. The Morgan fingerprint density at radius 3 is 2.35 bits per heavy atom. The zero-order valence-electron chi connectivity index (χ0n) is 12.3. The second-order valence-corrected chi connectivity index (χ2v) is 6.30. The molecule has 0 bridgehead atoms. The van der Waals surface area contributed by atoms with E-state index in [1.54, 1.807) is 6.33 Å². The highest BCUT2D eigenvalue weighted by atomic mass is 14.9. The molecule has 0 saturated heterocycles. The van der Waals surface area contributed by atoms with Gasteiger partial charge in [-0.2, -0.15) is 0 Å². The van der Waals surface area contributed by atoms with Gasteiger partial charge in [-0.25, -0.2) is 4.98 Å². The van der Waals surface area contributed by atoms with Crippen molar-refractivity contribution >= 4 is 5.69 Å². The Balaban J connectivity index is 1.66. The lowest BCUT2D eigenvalue weighted by molar-refractivity contribution is 0.281. The van der Waals surface area contributed by atoms with Gasteiger partial charge in [0.05, 0.1) is 18.2 Å². The van der Waals surface area contributed by atoms with E-state index in [4.69, 9.17) is 0 Å². The number of hydrogen-bond acceptors (Lipinski definition) is 2. The number of aromatic nitrogens is 2. The van der Waals surface area contributed by atoms with Crippen molar-refractivity contribution in [2.75, 3.05) is 5.32 Å². The van der Waals surface area contributed by atoms with E-state index in [0.717, 1.165) is 17.5 Å². The molecule has 1 saturated carbocycles. The lowest BCUT2D eigenvalue weighted by Crippen LogP contribution is -2.30. The van der Waals surface area contributed by atoms with E-state index in [1.807, 2.05) is 6.20 Å². The number of rotatable bonds is 3. The van der Waals surface area contributed by atoms with Crippen LogP contribution >= 0.6 is 0 Å². The molecule has 0 amide bonds. The topological polar surface area (TPSA) is 40.7 Å². The van der Waals surface area contributed by atoms with Gasteiger partial charge in [-0.3, -0.25) is 0 Å². The second kappa shape index (κ2) is 5.70. The minimum atomic E-state index is 0.617. The average Bonchev–Trinajstić information content (AvgIpc) is 2.92. The van der Waals surface area contributed by atoms with Gasteiger partial charge in [0.25, 0.3) is 0 Å². The van der Waals surface area contributed by atoms with Crippen LogP contribution in [-0.4, -0.2) is 16.0 Å². The third-order valence-electron chi connectivity index (χ3n) is 4.24. The van der Waals surface area contributed by atoms with Crippen molar-refractivity contribution in [3.05, 3.63) is 36.8 Å². The van der Waals surface area contributed by atoms with Crippen LogP contribution in [0.5, 0.6) is 0 Å². The molecule has 3 rings (SSSR count). The third kappa shape index (κ3) is 3.03. The van der Waals surface area contributed by atoms with Crippen LogP contribution in [0.3, 0.4) is 0 Å². The summed E-state index contributed by atoms with van der Waals surface area (Å²) in [7, 11) is 0. The lowest BCUT2D eigenvalue weighted by Gasteiger charge is -2.32. The average molecular weight is 269 g/mol. The van der Waals surface area contributed by atoms with Crippen LogP contribution in [0.2, 0.25) is 0 Å². The van der Waals surface area contributed by atoms with Crippen molar-refractivity contribution in [1.29, 1.82) is 0 Å². The van der Waals surface area contributed by atoms with E-state index in [0.29, 0.717) is 6.04 Å². The van der Waals surface area contributed by atoms with Gasteiger partial charge in [-0.15, -0.1) is 0 Å². The summed E-state index contributed by atoms with van der Waals surface area (Å²) >= 11 is 0. The van der Waals surface area contributed by atoms with Crippen molar-refractivity contribution in [2.45, 2.75) is 39.2 Å². The maximum Gasteiger partial charge on any atom is 0.0924 e. The summed E-state index contributed by atoms with van der Waals surface area (Å²) < 4.78 is 0. The van der Waals surface area contributed by atoms with E-state index < -0.39 is 0 Å². The number of nitrogens with one attached hydrogen (secondary N) is 2.